The monoisotopic (exact) mass is 181 g/mol. The van der Waals surface area contributed by atoms with Crippen molar-refractivity contribution in [1.82, 2.24) is 4.98 Å². The third-order valence-corrected chi connectivity index (χ3v) is 1.67. The molecule has 0 saturated carbocycles. The minimum absolute atomic E-state index is 0.363. The van der Waals surface area contributed by atoms with Crippen LogP contribution in [0.4, 0.5) is 0 Å². The van der Waals surface area contributed by atoms with Crippen molar-refractivity contribution in [2.24, 2.45) is 0 Å². The van der Waals surface area contributed by atoms with Crippen molar-refractivity contribution in [3.05, 3.63) is 18.3 Å². The molecule has 0 N–H and O–H groups in total. The van der Waals surface area contributed by atoms with Gasteiger partial charge < -0.3 is 14.0 Å². The summed E-state index contributed by atoms with van der Waals surface area (Å²) in [5.74, 6) is 0.578. The SMILES string of the molecule is COB(OC)c1ccc(OC)nc1. The number of rotatable bonds is 4. The largest absolute Gasteiger partial charge is 0.495 e. The highest BCUT2D eigenvalue weighted by molar-refractivity contribution is 6.61. The van der Waals surface area contributed by atoms with E-state index in [1.165, 1.54) is 0 Å². The van der Waals surface area contributed by atoms with E-state index in [0.717, 1.165) is 5.46 Å². The topological polar surface area (TPSA) is 40.6 Å². The number of nitrogens with zero attached hydrogens (tertiary/aromatic N) is 1. The molecule has 13 heavy (non-hydrogen) atoms. The maximum absolute atomic E-state index is 5.06. The van der Waals surface area contributed by atoms with Crippen molar-refractivity contribution >= 4 is 12.6 Å². The Morgan fingerprint density at radius 3 is 2.23 bits per heavy atom. The zero-order valence-corrected chi connectivity index (χ0v) is 7.98. The van der Waals surface area contributed by atoms with E-state index in [1.54, 1.807) is 33.6 Å². The number of pyridine rings is 1. The summed E-state index contributed by atoms with van der Waals surface area (Å²) in [6.45, 7) is 0. The van der Waals surface area contributed by atoms with E-state index in [9.17, 15) is 0 Å². The van der Waals surface area contributed by atoms with E-state index in [2.05, 4.69) is 4.98 Å². The maximum Gasteiger partial charge on any atom is 0.495 e. The third-order valence-electron chi connectivity index (χ3n) is 1.67. The molecule has 0 radical (unpaired) electrons. The van der Waals surface area contributed by atoms with Crippen LogP contribution in [0.5, 0.6) is 5.88 Å². The van der Waals surface area contributed by atoms with Crippen LogP contribution in [0.25, 0.3) is 0 Å². The zero-order chi connectivity index (χ0) is 9.68. The third kappa shape index (κ3) is 2.43. The number of ether oxygens (including phenoxy) is 1. The first-order valence-corrected chi connectivity index (χ1v) is 3.87. The average molecular weight is 181 g/mol. The number of hydrogen-bond donors (Lipinski definition) is 0. The normalized spacial score (nSPS) is 9.77. The van der Waals surface area contributed by atoms with Gasteiger partial charge in [-0.05, 0) is 6.07 Å². The summed E-state index contributed by atoms with van der Waals surface area (Å²) >= 11 is 0. The Morgan fingerprint density at radius 2 is 1.85 bits per heavy atom. The van der Waals surface area contributed by atoms with Crippen LogP contribution in [0, 0.1) is 0 Å². The molecule has 0 aliphatic rings. The predicted octanol–water partition coefficient (Wildman–Crippen LogP) is 0.0782. The van der Waals surface area contributed by atoms with Gasteiger partial charge in [-0.25, -0.2) is 4.98 Å². The van der Waals surface area contributed by atoms with E-state index in [1.807, 2.05) is 6.07 Å². The lowest BCUT2D eigenvalue weighted by Crippen LogP contribution is -2.34. The fourth-order valence-corrected chi connectivity index (χ4v) is 1.02. The molecule has 1 heterocycles. The van der Waals surface area contributed by atoms with Gasteiger partial charge in [-0.3, -0.25) is 0 Å². The molecule has 4 nitrogen and oxygen atoms in total. The molecule has 0 aromatic carbocycles. The van der Waals surface area contributed by atoms with Crippen molar-refractivity contribution in [3.8, 4) is 5.88 Å². The predicted molar refractivity (Wildman–Crippen MR) is 50.2 cm³/mol. The highest BCUT2D eigenvalue weighted by Crippen LogP contribution is 2.01. The molecule has 0 saturated heterocycles. The number of methoxy groups -OCH3 is 1. The van der Waals surface area contributed by atoms with Crippen LogP contribution in [0.1, 0.15) is 0 Å². The van der Waals surface area contributed by atoms with Crippen LogP contribution in [0.15, 0.2) is 18.3 Å². The van der Waals surface area contributed by atoms with Crippen LogP contribution in [0.2, 0.25) is 0 Å². The van der Waals surface area contributed by atoms with Crippen molar-refractivity contribution in [2.75, 3.05) is 21.3 Å². The van der Waals surface area contributed by atoms with Gasteiger partial charge in [0.1, 0.15) is 0 Å². The minimum Gasteiger partial charge on any atom is -0.481 e. The van der Waals surface area contributed by atoms with Crippen LogP contribution < -0.4 is 10.2 Å². The van der Waals surface area contributed by atoms with Gasteiger partial charge in [0, 0.05) is 25.9 Å². The molecule has 70 valence electrons. The second kappa shape index (κ2) is 4.84. The molecular formula is C8H12BNO3. The van der Waals surface area contributed by atoms with Crippen molar-refractivity contribution in [1.29, 1.82) is 0 Å². The van der Waals surface area contributed by atoms with E-state index in [4.69, 9.17) is 14.0 Å². The molecule has 5 heteroatoms. The van der Waals surface area contributed by atoms with Crippen molar-refractivity contribution in [3.63, 3.8) is 0 Å². The Balaban J connectivity index is 2.78. The molecule has 0 aliphatic heterocycles. The van der Waals surface area contributed by atoms with Crippen LogP contribution in [-0.2, 0) is 9.31 Å². The van der Waals surface area contributed by atoms with E-state index < -0.39 is 0 Å². The molecule has 0 aliphatic carbocycles. The smallest absolute Gasteiger partial charge is 0.481 e. The van der Waals surface area contributed by atoms with Gasteiger partial charge in [0.05, 0.1) is 7.11 Å². The summed E-state index contributed by atoms with van der Waals surface area (Å²) < 4.78 is 15.0. The highest BCUT2D eigenvalue weighted by atomic mass is 16.6. The summed E-state index contributed by atoms with van der Waals surface area (Å²) in [6.07, 6.45) is 1.66. The summed E-state index contributed by atoms with van der Waals surface area (Å²) in [4.78, 5) is 4.03. The van der Waals surface area contributed by atoms with E-state index >= 15 is 0 Å². The molecule has 0 fully saturated rings. The molecular weight excluding hydrogens is 169 g/mol. The van der Waals surface area contributed by atoms with Crippen LogP contribution in [0.3, 0.4) is 0 Å². The maximum atomic E-state index is 5.06. The Kier molecular flexibility index (Phi) is 3.73. The standard InChI is InChI=1S/C8H12BNO3/c1-11-8-5-4-7(6-10-8)9(12-2)13-3/h4-6H,1-3H3. The van der Waals surface area contributed by atoms with Gasteiger partial charge in [-0.2, -0.15) is 0 Å². The lowest BCUT2D eigenvalue weighted by atomic mass is 9.80. The van der Waals surface area contributed by atoms with Gasteiger partial charge in [0.2, 0.25) is 5.88 Å². The quantitative estimate of drug-likeness (QED) is 0.616. The molecule has 0 unspecified atom stereocenters. The Bertz CT molecular complexity index is 248. The molecule has 1 aromatic heterocycles. The molecule has 1 aromatic rings. The molecule has 0 atom stereocenters. The average Bonchev–Trinajstić information content (AvgIpc) is 2.21. The van der Waals surface area contributed by atoms with Gasteiger partial charge in [-0.15, -0.1) is 0 Å². The fourth-order valence-electron chi connectivity index (χ4n) is 1.02. The van der Waals surface area contributed by atoms with Gasteiger partial charge in [-0.1, -0.05) is 6.07 Å². The minimum atomic E-state index is -0.363. The second-order valence-electron chi connectivity index (χ2n) is 2.44. The molecule has 0 amide bonds. The lowest BCUT2D eigenvalue weighted by Gasteiger charge is -2.07. The number of hydrogen-bond acceptors (Lipinski definition) is 4. The van der Waals surface area contributed by atoms with Gasteiger partial charge in [0.15, 0.2) is 0 Å². The van der Waals surface area contributed by atoms with Gasteiger partial charge in [0.25, 0.3) is 0 Å². The second-order valence-corrected chi connectivity index (χ2v) is 2.44. The fraction of sp³-hybridized carbons (Fsp3) is 0.375. The number of aromatic nitrogens is 1. The lowest BCUT2D eigenvalue weighted by molar-refractivity contribution is 0.291. The van der Waals surface area contributed by atoms with Crippen molar-refractivity contribution in [2.45, 2.75) is 0 Å². The zero-order valence-electron chi connectivity index (χ0n) is 7.98. The first-order chi connectivity index (χ1) is 6.31. The Morgan fingerprint density at radius 1 is 1.15 bits per heavy atom. The van der Waals surface area contributed by atoms with Gasteiger partial charge >= 0.3 is 7.12 Å². The first kappa shape index (κ1) is 10.0. The summed E-state index contributed by atoms with van der Waals surface area (Å²) in [7, 11) is 4.38. The van der Waals surface area contributed by atoms with E-state index in [0.29, 0.717) is 5.88 Å². The summed E-state index contributed by atoms with van der Waals surface area (Å²) in [6, 6.07) is 3.61. The highest BCUT2D eigenvalue weighted by Gasteiger charge is 2.17. The first-order valence-electron chi connectivity index (χ1n) is 3.87. The van der Waals surface area contributed by atoms with Crippen LogP contribution in [-0.4, -0.2) is 33.4 Å². The molecule has 0 spiro atoms. The van der Waals surface area contributed by atoms with Crippen LogP contribution >= 0.6 is 0 Å². The molecule has 0 bridgehead atoms. The summed E-state index contributed by atoms with van der Waals surface area (Å²) in [5.41, 5.74) is 0.866. The Hall–Kier alpha value is -1.07. The van der Waals surface area contributed by atoms with Crippen molar-refractivity contribution < 1.29 is 14.0 Å². The molecule has 1 rings (SSSR count). The summed E-state index contributed by atoms with van der Waals surface area (Å²) in [5, 5.41) is 0. The van der Waals surface area contributed by atoms with E-state index in [-0.39, 0.29) is 7.12 Å². The Labute approximate surface area is 78.0 Å².